The lowest BCUT2D eigenvalue weighted by Crippen LogP contribution is -2.48. The highest BCUT2D eigenvalue weighted by molar-refractivity contribution is 7.99. The molecule has 0 radical (unpaired) electrons. The molecule has 1 unspecified atom stereocenters. The van der Waals surface area contributed by atoms with Crippen molar-refractivity contribution < 1.29 is 24.1 Å². The van der Waals surface area contributed by atoms with Crippen LogP contribution in [0, 0.1) is 11.8 Å². The fraction of sp³-hybridized carbons (Fsp3) is 1.00. The molecule has 0 aromatic rings. The molecule has 0 aliphatic carbocycles. The summed E-state index contributed by atoms with van der Waals surface area (Å²) in [6, 6.07) is 0. The number of methoxy groups -OCH3 is 2. The van der Waals surface area contributed by atoms with Gasteiger partial charge in [0, 0.05) is 37.6 Å². The van der Waals surface area contributed by atoms with Crippen LogP contribution in [0.15, 0.2) is 0 Å². The van der Waals surface area contributed by atoms with Crippen molar-refractivity contribution in [2.24, 2.45) is 11.8 Å². The second-order valence-corrected chi connectivity index (χ2v) is 8.07. The minimum absolute atomic E-state index is 0.0752. The van der Waals surface area contributed by atoms with Crippen LogP contribution in [-0.4, -0.2) is 74.2 Å². The van der Waals surface area contributed by atoms with Gasteiger partial charge in [-0.05, 0) is 24.3 Å². The van der Waals surface area contributed by atoms with Gasteiger partial charge in [0.15, 0.2) is 0 Å². The first kappa shape index (κ1) is 18.8. The average Bonchev–Trinajstić information content (AvgIpc) is 2.58. The molecule has 2 fully saturated rings. The second kappa shape index (κ2) is 10.4. The minimum Gasteiger partial charge on any atom is -0.392 e. The molecule has 22 heavy (non-hydrogen) atoms. The molecule has 0 spiro atoms. The molecule has 2 heterocycles. The van der Waals surface area contributed by atoms with Gasteiger partial charge in [0.05, 0.1) is 18.3 Å². The maximum Gasteiger partial charge on any atom is 0.146 e. The molecule has 2 aliphatic heterocycles. The van der Waals surface area contributed by atoms with Gasteiger partial charge in [-0.15, -0.1) is 0 Å². The standard InChI is InChI=1S/C15H28O5S2/c1-17-9-19-13-3-5-21-7-11(13)15(16)12-8-22-6-4-14(12)20-10-18-2/h11-16H,3-10H2,1-2H3/t11-,12+,13+,14-,15?. The van der Waals surface area contributed by atoms with Gasteiger partial charge in [0.25, 0.3) is 0 Å². The zero-order valence-corrected chi connectivity index (χ0v) is 15.1. The Morgan fingerprint density at radius 3 is 1.77 bits per heavy atom. The van der Waals surface area contributed by atoms with E-state index in [2.05, 4.69) is 0 Å². The zero-order chi connectivity index (χ0) is 15.8. The third-order valence-electron chi connectivity index (χ3n) is 4.35. The molecule has 130 valence electrons. The van der Waals surface area contributed by atoms with Crippen LogP contribution in [0.3, 0.4) is 0 Å². The van der Waals surface area contributed by atoms with Gasteiger partial charge < -0.3 is 24.1 Å². The molecular weight excluding hydrogens is 324 g/mol. The fourth-order valence-electron chi connectivity index (χ4n) is 3.16. The summed E-state index contributed by atoms with van der Waals surface area (Å²) in [5, 5.41) is 11.0. The van der Waals surface area contributed by atoms with E-state index in [4.69, 9.17) is 18.9 Å². The number of hydrogen-bond donors (Lipinski definition) is 1. The van der Waals surface area contributed by atoms with Gasteiger partial charge in [-0.2, -0.15) is 23.5 Å². The van der Waals surface area contributed by atoms with Crippen LogP contribution in [-0.2, 0) is 18.9 Å². The largest absolute Gasteiger partial charge is 0.392 e. The molecule has 2 rings (SSSR count). The molecule has 0 aromatic heterocycles. The van der Waals surface area contributed by atoms with Crippen LogP contribution in [0.4, 0.5) is 0 Å². The Morgan fingerprint density at radius 2 is 1.36 bits per heavy atom. The maximum atomic E-state index is 11.0. The number of aliphatic hydroxyl groups excluding tert-OH is 1. The number of hydrogen-bond acceptors (Lipinski definition) is 7. The number of rotatable bonds is 8. The van der Waals surface area contributed by atoms with E-state index in [1.54, 1.807) is 14.2 Å². The van der Waals surface area contributed by atoms with E-state index in [-0.39, 0.29) is 24.0 Å². The molecule has 1 N–H and O–H groups in total. The number of thioether (sulfide) groups is 2. The van der Waals surface area contributed by atoms with Gasteiger partial charge in [-0.25, -0.2) is 0 Å². The molecule has 2 saturated heterocycles. The first-order chi connectivity index (χ1) is 10.8. The first-order valence-corrected chi connectivity index (χ1v) is 10.1. The van der Waals surface area contributed by atoms with E-state index >= 15 is 0 Å². The molecular formula is C15H28O5S2. The Hall–Kier alpha value is 0.500. The molecule has 7 heteroatoms. The summed E-state index contributed by atoms with van der Waals surface area (Å²) in [5.74, 6) is 4.33. The van der Waals surface area contributed by atoms with E-state index in [0.717, 1.165) is 35.9 Å². The summed E-state index contributed by atoms with van der Waals surface area (Å²) >= 11 is 3.80. The SMILES string of the molecule is COCO[C@H]1CCSC[C@H]1C(O)[C@H]1CSCC[C@H]1OCOC. The van der Waals surface area contributed by atoms with Crippen molar-refractivity contribution in [1.29, 1.82) is 0 Å². The second-order valence-electron chi connectivity index (χ2n) is 5.77. The Kier molecular flexibility index (Phi) is 8.89. The van der Waals surface area contributed by atoms with Gasteiger partial charge in [0.2, 0.25) is 0 Å². The predicted molar refractivity (Wildman–Crippen MR) is 90.4 cm³/mol. The lowest BCUT2D eigenvalue weighted by atomic mass is 9.84. The van der Waals surface area contributed by atoms with Crippen molar-refractivity contribution in [3.63, 3.8) is 0 Å². The Labute approximate surface area is 141 Å². The smallest absolute Gasteiger partial charge is 0.146 e. The van der Waals surface area contributed by atoms with Crippen LogP contribution in [0.25, 0.3) is 0 Å². The Bertz CT molecular complexity index is 280. The highest BCUT2D eigenvalue weighted by Gasteiger charge is 2.40. The average molecular weight is 353 g/mol. The van der Waals surface area contributed by atoms with Crippen LogP contribution in [0.2, 0.25) is 0 Å². The lowest BCUT2D eigenvalue weighted by Gasteiger charge is -2.41. The Morgan fingerprint density at radius 1 is 0.909 bits per heavy atom. The van der Waals surface area contributed by atoms with Gasteiger partial charge in [-0.1, -0.05) is 0 Å². The van der Waals surface area contributed by atoms with E-state index in [0.29, 0.717) is 13.6 Å². The molecule has 5 atom stereocenters. The van der Waals surface area contributed by atoms with Crippen LogP contribution in [0.5, 0.6) is 0 Å². The van der Waals surface area contributed by atoms with Crippen molar-refractivity contribution in [2.75, 3.05) is 50.8 Å². The first-order valence-electron chi connectivity index (χ1n) is 7.82. The third-order valence-corrected chi connectivity index (χ3v) is 6.64. The molecule has 2 aliphatic rings. The summed E-state index contributed by atoms with van der Waals surface area (Å²) in [5.41, 5.74) is 0. The Balaban J connectivity index is 1.97. The van der Waals surface area contributed by atoms with Gasteiger partial charge >= 0.3 is 0 Å². The fourth-order valence-corrected chi connectivity index (χ4v) is 5.66. The summed E-state index contributed by atoms with van der Waals surface area (Å²) in [6.07, 6.45) is 1.69. The topological polar surface area (TPSA) is 57.2 Å². The molecule has 0 bridgehead atoms. The third kappa shape index (κ3) is 5.26. The van der Waals surface area contributed by atoms with E-state index in [1.807, 2.05) is 23.5 Å². The summed E-state index contributed by atoms with van der Waals surface area (Å²) in [6.45, 7) is 0.586. The van der Waals surface area contributed by atoms with E-state index in [9.17, 15) is 5.11 Å². The van der Waals surface area contributed by atoms with Crippen LogP contribution in [0.1, 0.15) is 12.8 Å². The number of aliphatic hydroxyl groups is 1. The molecule has 0 amide bonds. The van der Waals surface area contributed by atoms with Crippen molar-refractivity contribution in [3.8, 4) is 0 Å². The van der Waals surface area contributed by atoms with Crippen molar-refractivity contribution in [2.45, 2.75) is 31.2 Å². The highest BCUT2D eigenvalue weighted by Crippen LogP contribution is 2.36. The monoisotopic (exact) mass is 352 g/mol. The minimum atomic E-state index is -0.399. The quantitative estimate of drug-likeness (QED) is 0.669. The van der Waals surface area contributed by atoms with Crippen LogP contribution < -0.4 is 0 Å². The van der Waals surface area contributed by atoms with E-state index < -0.39 is 6.10 Å². The highest BCUT2D eigenvalue weighted by atomic mass is 32.2. The normalized spacial score (nSPS) is 34.5. The number of ether oxygens (including phenoxy) is 4. The van der Waals surface area contributed by atoms with Crippen molar-refractivity contribution in [3.05, 3.63) is 0 Å². The van der Waals surface area contributed by atoms with Gasteiger partial charge in [-0.3, -0.25) is 0 Å². The maximum absolute atomic E-state index is 11.0. The van der Waals surface area contributed by atoms with Crippen LogP contribution >= 0.6 is 23.5 Å². The zero-order valence-electron chi connectivity index (χ0n) is 13.4. The summed E-state index contributed by atoms with van der Waals surface area (Å²) < 4.78 is 21.7. The van der Waals surface area contributed by atoms with E-state index in [1.165, 1.54) is 0 Å². The van der Waals surface area contributed by atoms with Crippen molar-refractivity contribution in [1.82, 2.24) is 0 Å². The molecule has 0 aromatic carbocycles. The molecule has 5 nitrogen and oxygen atoms in total. The van der Waals surface area contributed by atoms with Gasteiger partial charge in [0.1, 0.15) is 13.6 Å². The molecule has 0 saturated carbocycles. The predicted octanol–water partition coefficient (Wildman–Crippen LogP) is 1.83. The van der Waals surface area contributed by atoms with Crippen molar-refractivity contribution >= 4 is 23.5 Å². The summed E-state index contributed by atoms with van der Waals surface area (Å²) in [4.78, 5) is 0. The lowest BCUT2D eigenvalue weighted by molar-refractivity contribution is -0.139. The summed E-state index contributed by atoms with van der Waals surface area (Å²) in [7, 11) is 3.27.